The number of thiocarbonyl (C=S) groups is 1. The second-order valence-electron chi connectivity index (χ2n) is 4.50. The molecule has 2 N–H and O–H groups in total. The zero-order chi connectivity index (χ0) is 16.8. The van der Waals surface area contributed by atoms with Gasteiger partial charge in [-0.15, -0.1) is 0 Å². The van der Waals surface area contributed by atoms with Crippen LogP contribution >= 0.6 is 23.8 Å². The molecule has 0 aliphatic carbocycles. The molecule has 0 unspecified atom stereocenters. The SMILES string of the molecule is CCOC(=O)c1ccc(NC(=S)Nc2ccc(Cl)cc2F)cc1. The van der Waals surface area contributed by atoms with E-state index in [0.717, 1.165) is 0 Å². The number of hydrogen-bond donors (Lipinski definition) is 2. The topological polar surface area (TPSA) is 50.4 Å². The first-order valence-electron chi connectivity index (χ1n) is 6.80. The molecule has 0 heterocycles. The Morgan fingerprint density at radius 3 is 2.52 bits per heavy atom. The van der Waals surface area contributed by atoms with Gasteiger partial charge in [-0.2, -0.15) is 0 Å². The van der Waals surface area contributed by atoms with Crippen molar-refractivity contribution in [1.29, 1.82) is 0 Å². The number of hydrogen-bond acceptors (Lipinski definition) is 3. The smallest absolute Gasteiger partial charge is 0.338 e. The molecular weight excluding hydrogens is 339 g/mol. The number of carbonyl (C=O) groups excluding carboxylic acids is 1. The average Bonchev–Trinajstić information content (AvgIpc) is 2.51. The molecule has 0 aliphatic rings. The third kappa shape index (κ3) is 4.91. The van der Waals surface area contributed by atoms with E-state index in [0.29, 0.717) is 22.9 Å². The summed E-state index contributed by atoms with van der Waals surface area (Å²) in [5.74, 6) is -0.887. The summed E-state index contributed by atoms with van der Waals surface area (Å²) in [4.78, 5) is 11.6. The van der Waals surface area contributed by atoms with Crippen molar-refractivity contribution in [2.75, 3.05) is 17.2 Å². The molecule has 120 valence electrons. The summed E-state index contributed by atoms with van der Waals surface area (Å²) < 4.78 is 18.6. The van der Waals surface area contributed by atoms with Gasteiger partial charge in [-0.1, -0.05) is 11.6 Å². The Balaban J connectivity index is 1.98. The maximum atomic E-state index is 13.7. The van der Waals surface area contributed by atoms with Gasteiger partial charge in [-0.3, -0.25) is 0 Å². The predicted molar refractivity (Wildman–Crippen MR) is 93.7 cm³/mol. The van der Waals surface area contributed by atoms with Crippen molar-refractivity contribution >= 4 is 46.3 Å². The minimum absolute atomic E-state index is 0.218. The Labute approximate surface area is 143 Å². The van der Waals surface area contributed by atoms with Gasteiger partial charge in [0.05, 0.1) is 17.9 Å². The third-order valence-corrected chi connectivity index (χ3v) is 3.27. The van der Waals surface area contributed by atoms with Crippen molar-refractivity contribution in [2.45, 2.75) is 6.92 Å². The number of esters is 1. The number of anilines is 2. The summed E-state index contributed by atoms with van der Waals surface area (Å²) in [5.41, 5.74) is 1.32. The Hall–Kier alpha value is -2.18. The van der Waals surface area contributed by atoms with Gasteiger partial charge >= 0.3 is 5.97 Å². The normalized spacial score (nSPS) is 10.0. The Kier molecular flexibility index (Phi) is 5.90. The van der Waals surface area contributed by atoms with E-state index in [-0.39, 0.29) is 16.8 Å². The summed E-state index contributed by atoms with van der Waals surface area (Å²) in [7, 11) is 0. The van der Waals surface area contributed by atoms with Crippen molar-refractivity contribution in [1.82, 2.24) is 0 Å². The minimum atomic E-state index is -0.501. The van der Waals surface area contributed by atoms with Gasteiger partial charge < -0.3 is 15.4 Å². The summed E-state index contributed by atoms with van der Waals surface area (Å²) in [6, 6.07) is 10.8. The van der Waals surface area contributed by atoms with E-state index in [2.05, 4.69) is 10.6 Å². The quantitative estimate of drug-likeness (QED) is 0.628. The van der Waals surface area contributed by atoms with E-state index >= 15 is 0 Å². The third-order valence-electron chi connectivity index (χ3n) is 2.83. The van der Waals surface area contributed by atoms with Crippen LogP contribution in [0.4, 0.5) is 15.8 Å². The molecule has 0 saturated heterocycles. The summed E-state index contributed by atoms with van der Waals surface area (Å²) in [6.45, 7) is 2.06. The highest BCUT2D eigenvalue weighted by molar-refractivity contribution is 7.80. The largest absolute Gasteiger partial charge is 0.462 e. The van der Waals surface area contributed by atoms with Crippen LogP contribution in [0, 0.1) is 5.82 Å². The monoisotopic (exact) mass is 352 g/mol. The van der Waals surface area contributed by atoms with Crippen molar-refractivity contribution in [2.24, 2.45) is 0 Å². The van der Waals surface area contributed by atoms with E-state index < -0.39 is 5.82 Å². The van der Waals surface area contributed by atoms with Gasteiger partial charge in [0.25, 0.3) is 0 Å². The lowest BCUT2D eigenvalue weighted by atomic mass is 10.2. The van der Waals surface area contributed by atoms with Crippen LogP contribution in [0.25, 0.3) is 0 Å². The molecular formula is C16H14ClFN2O2S. The van der Waals surface area contributed by atoms with Crippen LogP contribution < -0.4 is 10.6 Å². The number of rotatable bonds is 4. The highest BCUT2D eigenvalue weighted by Gasteiger charge is 2.07. The number of nitrogens with one attached hydrogen (secondary N) is 2. The minimum Gasteiger partial charge on any atom is -0.462 e. The number of halogens is 2. The van der Waals surface area contributed by atoms with E-state index in [1.54, 1.807) is 37.3 Å². The van der Waals surface area contributed by atoms with E-state index in [9.17, 15) is 9.18 Å². The molecule has 0 bridgehead atoms. The van der Waals surface area contributed by atoms with Crippen LogP contribution in [-0.4, -0.2) is 17.7 Å². The van der Waals surface area contributed by atoms with Gasteiger partial charge in [0, 0.05) is 10.7 Å². The van der Waals surface area contributed by atoms with Gasteiger partial charge in [-0.25, -0.2) is 9.18 Å². The van der Waals surface area contributed by atoms with Crippen molar-refractivity contribution in [3.63, 3.8) is 0 Å². The molecule has 0 amide bonds. The molecule has 7 heteroatoms. The summed E-state index contributed by atoms with van der Waals surface area (Å²) >= 11 is 10.8. The fourth-order valence-electron chi connectivity index (χ4n) is 1.78. The molecule has 2 aromatic rings. The molecule has 2 rings (SSSR count). The summed E-state index contributed by atoms with van der Waals surface area (Å²) in [5, 5.41) is 6.16. The fraction of sp³-hybridized carbons (Fsp3) is 0.125. The maximum Gasteiger partial charge on any atom is 0.338 e. The lowest BCUT2D eigenvalue weighted by Gasteiger charge is -2.11. The molecule has 0 atom stereocenters. The average molecular weight is 353 g/mol. The highest BCUT2D eigenvalue weighted by Crippen LogP contribution is 2.19. The Morgan fingerprint density at radius 2 is 1.91 bits per heavy atom. The number of carbonyl (C=O) groups is 1. The predicted octanol–water partition coefficient (Wildman–Crippen LogP) is 4.46. The van der Waals surface area contributed by atoms with Gasteiger partial charge in [-0.05, 0) is 61.6 Å². The molecule has 0 aromatic heterocycles. The van der Waals surface area contributed by atoms with Crippen molar-refractivity contribution in [3.8, 4) is 0 Å². The van der Waals surface area contributed by atoms with Crippen LogP contribution in [0.3, 0.4) is 0 Å². The Bertz CT molecular complexity index is 723. The van der Waals surface area contributed by atoms with E-state index in [4.69, 9.17) is 28.6 Å². The van der Waals surface area contributed by atoms with Crippen LogP contribution in [0.5, 0.6) is 0 Å². The highest BCUT2D eigenvalue weighted by atomic mass is 35.5. The molecule has 0 radical (unpaired) electrons. The molecule has 0 fully saturated rings. The van der Waals surface area contributed by atoms with Crippen LogP contribution in [0.15, 0.2) is 42.5 Å². The summed E-state index contributed by atoms with van der Waals surface area (Å²) in [6.07, 6.45) is 0. The number of benzene rings is 2. The second-order valence-corrected chi connectivity index (χ2v) is 5.35. The van der Waals surface area contributed by atoms with Crippen LogP contribution in [0.1, 0.15) is 17.3 Å². The van der Waals surface area contributed by atoms with Gasteiger partial charge in [0.2, 0.25) is 0 Å². The lowest BCUT2D eigenvalue weighted by Crippen LogP contribution is -2.19. The molecule has 0 aliphatic heterocycles. The first-order chi connectivity index (χ1) is 11.0. The first-order valence-corrected chi connectivity index (χ1v) is 7.58. The van der Waals surface area contributed by atoms with Crippen LogP contribution in [0.2, 0.25) is 5.02 Å². The molecule has 0 saturated carbocycles. The maximum absolute atomic E-state index is 13.7. The molecule has 4 nitrogen and oxygen atoms in total. The Morgan fingerprint density at radius 1 is 1.22 bits per heavy atom. The molecule has 2 aromatic carbocycles. The van der Waals surface area contributed by atoms with Crippen molar-refractivity contribution in [3.05, 3.63) is 58.9 Å². The standard InChI is InChI=1S/C16H14ClFN2O2S/c1-2-22-15(21)10-3-6-12(7-4-10)19-16(23)20-14-8-5-11(17)9-13(14)18/h3-9H,2H2,1H3,(H2,19,20,23). The lowest BCUT2D eigenvalue weighted by molar-refractivity contribution is 0.0526. The molecule has 23 heavy (non-hydrogen) atoms. The molecule has 0 spiro atoms. The van der Waals surface area contributed by atoms with E-state index in [1.165, 1.54) is 12.1 Å². The van der Waals surface area contributed by atoms with Gasteiger partial charge in [0.15, 0.2) is 5.11 Å². The number of ether oxygens (including phenoxy) is 1. The van der Waals surface area contributed by atoms with Crippen molar-refractivity contribution < 1.29 is 13.9 Å². The zero-order valence-corrected chi connectivity index (χ0v) is 13.8. The zero-order valence-electron chi connectivity index (χ0n) is 12.2. The second kappa shape index (κ2) is 7.89. The fourth-order valence-corrected chi connectivity index (χ4v) is 2.17. The van der Waals surface area contributed by atoms with Crippen LogP contribution in [-0.2, 0) is 4.74 Å². The van der Waals surface area contributed by atoms with Gasteiger partial charge in [0.1, 0.15) is 5.82 Å². The van der Waals surface area contributed by atoms with E-state index in [1.807, 2.05) is 0 Å². The first kappa shape index (κ1) is 17.2.